The molecule has 5 nitrogen and oxygen atoms in total. The molecule has 2 saturated heterocycles. The Morgan fingerprint density at radius 1 is 1.20 bits per heavy atom. The lowest BCUT2D eigenvalue weighted by Gasteiger charge is -2.48. The summed E-state index contributed by atoms with van der Waals surface area (Å²) in [5.41, 5.74) is 1.36. The second-order valence-corrected chi connectivity index (χ2v) is 7.44. The number of piperidine rings is 2. The largest absolute Gasteiger partial charge is 0.469 e. The number of esters is 1. The standard InChI is InChI=1S/C20H28N2O3/c1-25-19(24)9-13-21-12-5-10-20(15-21)11-8-18(23)22(16-20)14-17-6-3-2-4-7-17/h2-4,6-7H,5,8-16H2,1H3. The van der Waals surface area contributed by atoms with Gasteiger partial charge in [-0.05, 0) is 31.4 Å². The van der Waals surface area contributed by atoms with Gasteiger partial charge in [-0.25, -0.2) is 0 Å². The number of ether oxygens (including phenoxy) is 1. The Balaban J connectivity index is 1.62. The van der Waals surface area contributed by atoms with E-state index in [1.165, 1.54) is 19.1 Å². The molecule has 0 bridgehead atoms. The summed E-state index contributed by atoms with van der Waals surface area (Å²) >= 11 is 0. The van der Waals surface area contributed by atoms with Crippen molar-refractivity contribution in [1.82, 2.24) is 9.80 Å². The van der Waals surface area contributed by atoms with Crippen molar-refractivity contribution in [2.24, 2.45) is 5.41 Å². The maximum Gasteiger partial charge on any atom is 0.306 e. The van der Waals surface area contributed by atoms with Gasteiger partial charge in [0.15, 0.2) is 0 Å². The summed E-state index contributed by atoms with van der Waals surface area (Å²) in [6, 6.07) is 10.2. The Hall–Kier alpha value is -1.88. The molecule has 1 aromatic carbocycles. The third-order valence-electron chi connectivity index (χ3n) is 5.56. The van der Waals surface area contributed by atoms with Gasteiger partial charge in [-0.15, -0.1) is 0 Å². The minimum Gasteiger partial charge on any atom is -0.469 e. The first-order valence-electron chi connectivity index (χ1n) is 9.21. The van der Waals surface area contributed by atoms with Crippen LogP contribution >= 0.6 is 0 Å². The number of hydrogen-bond acceptors (Lipinski definition) is 4. The van der Waals surface area contributed by atoms with E-state index in [-0.39, 0.29) is 17.3 Å². The van der Waals surface area contributed by atoms with Gasteiger partial charge in [0.25, 0.3) is 0 Å². The summed E-state index contributed by atoms with van der Waals surface area (Å²) in [4.78, 5) is 28.2. The van der Waals surface area contributed by atoms with E-state index in [1.54, 1.807) is 0 Å². The Bertz CT molecular complexity index is 604. The summed E-state index contributed by atoms with van der Waals surface area (Å²) in [5.74, 6) is 0.116. The molecule has 1 amide bonds. The summed E-state index contributed by atoms with van der Waals surface area (Å²) in [6.45, 7) is 4.29. The smallest absolute Gasteiger partial charge is 0.306 e. The van der Waals surface area contributed by atoms with Crippen LogP contribution in [0.5, 0.6) is 0 Å². The molecule has 0 aliphatic carbocycles. The van der Waals surface area contributed by atoms with Crippen molar-refractivity contribution in [2.45, 2.75) is 38.6 Å². The highest BCUT2D eigenvalue weighted by atomic mass is 16.5. The van der Waals surface area contributed by atoms with Gasteiger partial charge in [0.1, 0.15) is 0 Å². The summed E-state index contributed by atoms with van der Waals surface area (Å²) in [5, 5.41) is 0. The second-order valence-electron chi connectivity index (χ2n) is 7.44. The monoisotopic (exact) mass is 344 g/mol. The van der Waals surface area contributed by atoms with Gasteiger partial charge in [0, 0.05) is 38.0 Å². The third kappa shape index (κ3) is 4.60. The Morgan fingerprint density at radius 2 is 2.00 bits per heavy atom. The number of methoxy groups -OCH3 is 1. The Morgan fingerprint density at radius 3 is 2.76 bits per heavy atom. The zero-order valence-corrected chi connectivity index (χ0v) is 15.1. The predicted octanol–water partition coefficient (Wildman–Crippen LogP) is 2.45. The second kappa shape index (κ2) is 8.00. The van der Waals surface area contributed by atoms with Crippen molar-refractivity contribution in [3.05, 3.63) is 35.9 Å². The number of hydrogen-bond donors (Lipinski definition) is 0. The summed E-state index contributed by atoms with van der Waals surface area (Å²) < 4.78 is 4.76. The molecule has 2 heterocycles. The van der Waals surface area contributed by atoms with E-state index in [2.05, 4.69) is 17.0 Å². The first kappa shape index (κ1) is 17.9. The molecule has 1 unspecified atom stereocenters. The molecule has 1 aromatic rings. The van der Waals surface area contributed by atoms with Gasteiger partial charge in [-0.3, -0.25) is 9.59 Å². The molecule has 25 heavy (non-hydrogen) atoms. The fourth-order valence-corrected chi connectivity index (χ4v) is 4.24. The van der Waals surface area contributed by atoms with Gasteiger partial charge in [-0.2, -0.15) is 0 Å². The topological polar surface area (TPSA) is 49.9 Å². The van der Waals surface area contributed by atoms with Crippen molar-refractivity contribution in [2.75, 3.05) is 33.3 Å². The van der Waals surface area contributed by atoms with Gasteiger partial charge >= 0.3 is 5.97 Å². The van der Waals surface area contributed by atoms with E-state index >= 15 is 0 Å². The molecule has 2 fully saturated rings. The maximum absolute atomic E-state index is 12.4. The number of likely N-dealkylation sites (tertiary alicyclic amines) is 2. The number of amides is 1. The van der Waals surface area contributed by atoms with Crippen LogP contribution in [-0.4, -0.2) is 55.0 Å². The third-order valence-corrected chi connectivity index (χ3v) is 5.56. The van der Waals surface area contributed by atoms with E-state index in [9.17, 15) is 9.59 Å². The highest BCUT2D eigenvalue weighted by molar-refractivity contribution is 5.77. The van der Waals surface area contributed by atoms with Crippen LogP contribution in [0.3, 0.4) is 0 Å². The molecule has 1 spiro atoms. The molecular weight excluding hydrogens is 316 g/mol. The van der Waals surface area contributed by atoms with Crippen molar-refractivity contribution in [3.8, 4) is 0 Å². The summed E-state index contributed by atoms with van der Waals surface area (Å²) in [6.07, 6.45) is 4.34. The quantitative estimate of drug-likeness (QED) is 0.770. The number of nitrogens with zero attached hydrogens (tertiary/aromatic N) is 2. The fourth-order valence-electron chi connectivity index (χ4n) is 4.24. The van der Waals surface area contributed by atoms with Crippen molar-refractivity contribution >= 4 is 11.9 Å². The van der Waals surface area contributed by atoms with Gasteiger partial charge in [0.2, 0.25) is 5.91 Å². The lowest BCUT2D eigenvalue weighted by atomic mass is 9.73. The molecule has 5 heteroatoms. The molecule has 136 valence electrons. The molecule has 1 atom stereocenters. The van der Waals surface area contributed by atoms with E-state index in [0.29, 0.717) is 19.4 Å². The van der Waals surface area contributed by atoms with Crippen LogP contribution in [0.2, 0.25) is 0 Å². The fraction of sp³-hybridized carbons (Fsp3) is 0.600. The van der Waals surface area contributed by atoms with E-state index < -0.39 is 0 Å². The summed E-state index contributed by atoms with van der Waals surface area (Å²) in [7, 11) is 1.44. The lowest BCUT2D eigenvalue weighted by Crippen LogP contribution is -2.53. The van der Waals surface area contributed by atoms with E-state index in [4.69, 9.17) is 4.74 Å². The van der Waals surface area contributed by atoms with Gasteiger partial charge in [-0.1, -0.05) is 30.3 Å². The Kier molecular flexibility index (Phi) is 5.74. The van der Waals surface area contributed by atoms with Crippen molar-refractivity contribution in [3.63, 3.8) is 0 Å². The molecule has 0 radical (unpaired) electrons. The number of carbonyl (C=O) groups is 2. The molecule has 2 aliphatic rings. The van der Waals surface area contributed by atoms with Gasteiger partial charge < -0.3 is 14.5 Å². The highest BCUT2D eigenvalue weighted by Gasteiger charge is 2.41. The Labute approximate surface area is 149 Å². The van der Waals surface area contributed by atoms with Crippen LogP contribution in [0.25, 0.3) is 0 Å². The maximum atomic E-state index is 12.4. The predicted molar refractivity (Wildman–Crippen MR) is 95.8 cm³/mol. The van der Waals surface area contributed by atoms with Crippen LogP contribution in [-0.2, 0) is 20.9 Å². The normalized spacial score (nSPS) is 24.5. The molecule has 2 aliphatic heterocycles. The zero-order chi connectivity index (χ0) is 17.7. The molecule has 0 N–H and O–H groups in total. The minimum atomic E-state index is -0.149. The molecular formula is C20H28N2O3. The van der Waals surface area contributed by atoms with Crippen LogP contribution in [0.15, 0.2) is 30.3 Å². The average Bonchev–Trinajstić information content (AvgIpc) is 2.64. The SMILES string of the molecule is COC(=O)CCN1CCCC2(CCC(=O)N(Cc3ccccc3)C2)C1. The highest BCUT2D eigenvalue weighted by Crippen LogP contribution is 2.39. The van der Waals surface area contributed by atoms with Crippen LogP contribution in [0.1, 0.15) is 37.7 Å². The molecule has 3 rings (SSSR count). The van der Waals surface area contributed by atoms with Crippen LogP contribution in [0, 0.1) is 5.41 Å². The molecule has 0 aromatic heterocycles. The number of carbonyl (C=O) groups excluding carboxylic acids is 2. The molecule has 0 saturated carbocycles. The first-order valence-corrected chi connectivity index (χ1v) is 9.21. The van der Waals surface area contributed by atoms with E-state index in [0.717, 1.165) is 39.0 Å². The van der Waals surface area contributed by atoms with E-state index in [1.807, 2.05) is 23.1 Å². The average molecular weight is 344 g/mol. The van der Waals surface area contributed by atoms with Crippen LogP contribution in [0.4, 0.5) is 0 Å². The van der Waals surface area contributed by atoms with Crippen LogP contribution < -0.4 is 0 Å². The zero-order valence-electron chi connectivity index (χ0n) is 15.1. The minimum absolute atomic E-state index is 0.149. The number of benzene rings is 1. The van der Waals surface area contributed by atoms with Crippen molar-refractivity contribution in [1.29, 1.82) is 0 Å². The first-order chi connectivity index (χ1) is 12.1. The lowest BCUT2D eigenvalue weighted by molar-refractivity contribution is -0.141. The van der Waals surface area contributed by atoms with Crippen molar-refractivity contribution < 1.29 is 14.3 Å². The van der Waals surface area contributed by atoms with Gasteiger partial charge in [0.05, 0.1) is 13.5 Å². The number of rotatable bonds is 5.